The second-order valence-corrected chi connectivity index (χ2v) is 9.16. The average molecular weight is 516 g/mol. The third-order valence-corrected chi connectivity index (χ3v) is 6.43. The van der Waals surface area contributed by atoms with Crippen LogP contribution < -0.4 is 9.47 Å². The monoisotopic (exact) mass is 515 g/mol. The predicted molar refractivity (Wildman–Crippen MR) is 145 cm³/mol. The third-order valence-electron chi connectivity index (χ3n) is 6.43. The number of carbonyl (C=O) groups is 2. The second-order valence-electron chi connectivity index (χ2n) is 9.16. The summed E-state index contributed by atoms with van der Waals surface area (Å²) in [5.74, 6) is 0.284. The number of unbranched alkanes of at least 4 members (excludes halogenated alkanes) is 1. The third kappa shape index (κ3) is 5.89. The Balaban J connectivity index is 1.74. The van der Waals surface area contributed by atoms with Gasteiger partial charge in [-0.2, -0.15) is 0 Å². The van der Waals surface area contributed by atoms with E-state index >= 15 is 0 Å². The smallest absolute Gasteiger partial charge is 0.295 e. The first-order chi connectivity index (χ1) is 18.4. The van der Waals surface area contributed by atoms with Crippen LogP contribution >= 0.6 is 0 Å². The Morgan fingerprint density at radius 1 is 0.947 bits per heavy atom. The van der Waals surface area contributed by atoms with Crippen molar-refractivity contribution in [2.45, 2.75) is 32.7 Å². The molecule has 3 aromatic rings. The molecule has 1 aliphatic heterocycles. The molecule has 7 nitrogen and oxygen atoms in total. The molecule has 1 saturated heterocycles. The van der Waals surface area contributed by atoms with Gasteiger partial charge in [0.1, 0.15) is 23.0 Å². The van der Waals surface area contributed by atoms with Crippen molar-refractivity contribution in [2.24, 2.45) is 0 Å². The van der Waals surface area contributed by atoms with Crippen LogP contribution in [-0.2, 0) is 14.3 Å². The summed E-state index contributed by atoms with van der Waals surface area (Å²) in [6, 6.07) is 21.0. The fourth-order valence-electron chi connectivity index (χ4n) is 4.46. The number of aliphatic hydroxyl groups excluding tert-OH is 1. The highest BCUT2D eigenvalue weighted by Gasteiger charge is 2.46. The molecule has 0 radical (unpaired) electrons. The number of rotatable bonds is 11. The molecule has 1 aliphatic rings. The van der Waals surface area contributed by atoms with Crippen molar-refractivity contribution in [1.29, 1.82) is 0 Å². The lowest BCUT2D eigenvalue weighted by atomic mass is 9.94. The molecule has 1 fully saturated rings. The van der Waals surface area contributed by atoms with Gasteiger partial charge in [0, 0.05) is 19.2 Å². The van der Waals surface area contributed by atoms with Gasteiger partial charge >= 0.3 is 0 Å². The molecule has 198 valence electrons. The summed E-state index contributed by atoms with van der Waals surface area (Å²) in [5, 5.41) is 11.4. The summed E-state index contributed by atoms with van der Waals surface area (Å²) in [6.07, 6.45) is 1.97. The average Bonchev–Trinajstić information content (AvgIpc) is 3.18. The topological polar surface area (TPSA) is 85.3 Å². The number of carbonyl (C=O) groups excluding carboxylic acids is 2. The van der Waals surface area contributed by atoms with Crippen LogP contribution in [-0.4, -0.2) is 48.6 Å². The van der Waals surface area contributed by atoms with Crippen LogP contribution in [0.2, 0.25) is 0 Å². The summed E-state index contributed by atoms with van der Waals surface area (Å²) in [5.41, 5.74) is 1.94. The van der Waals surface area contributed by atoms with Crippen LogP contribution in [0.3, 0.4) is 0 Å². The van der Waals surface area contributed by atoms with Crippen molar-refractivity contribution in [3.05, 3.63) is 95.1 Å². The van der Waals surface area contributed by atoms with E-state index in [9.17, 15) is 14.7 Å². The fourth-order valence-corrected chi connectivity index (χ4v) is 4.46. The molecule has 0 spiro atoms. The standard InChI is InChI=1S/C31H33NO6/c1-4-5-17-37-26-15-14-23(19-21(26)2)29(33)27-28(32(16-18-36-3)31(35)30(27)34)22-10-9-13-25(20-22)38-24-11-7-6-8-12-24/h6-15,19-20,28,33H,4-5,16-18H2,1-3H3/b29-27+. The normalized spacial score (nSPS) is 16.6. The molecule has 1 N–H and O–H groups in total. The van der Waals surface area contributed by atoms with E-state index in [1.165, 1.54) is 12.0 Å². The zero-order valence-corrected chi connectivity index (χ0v) is 22.0. The SMILES string of the molecule is CCCCOc1ccc(/C(O)=C2\C(=O)C(=O)N(CCOC)C2c2cccc(Oc3ccccc3)c2)cc1C. The van der Waals surface area contributed by atoms with Gasteiger partial charge in [-0.25, -0.2) is 0 Å². The number of para-hydroxylation sites is 1. The van der Waals surface area contributed by atoms with Crippen molar-refractivity contribution >= 4 is 17.4 Å². The molecule has 0 bridgehead atoms. The highest BCUT2D eigenvalue weighted by atomic mass is 16.5. The lowest BCUT2D eigenvalue weighted by Crippen LogP contribution is -2.32. The summed E-state index contributed by atoms with van der Waals surface area (Å²) < 4.78 is 17.0. The van der Waals surface area contributed by atoms with Gasteiger partial charge in [0.2, 0.25) is 0 Å². The number of benzene rings is 3. The van der Waals surface area contributed by atoms with Crippen molar-refractivity contribution in [2.75, 3.05) is 26.9 Å². The molecular weight excluding hydrogens is 482 g/mol. The maximum atomic E-state index is 13.3. The van der Waals surface area contributed by atoms with E-state index in [1.807, 2.05) is 43.3 Å². The Bertz CT molecular complexity index is 1320. The van der Waals surface area contributed by atoms with Gasteiger partial charge in [-0.05, 0) is 66.9 Å². The van der Waals surface area contributed by atoms with E-state index < -0.39 is 17.7 Å². The van der Waals surface area contributed by atoms with Crippen LogP contribution in [0.5, 0.6) is 17.2 Å². The minimum atomic E-state index is -0.801. The predicted octanol–water partition coefficient (Wildman–Crippen LogP) is 6.03. The molecule has 0 aromatic heterocycles. The first-order valence-electron chi connectivity index (χ1n) is 12.8. The summed E-state index contributed by atoms with van der Waals surface area (Å²) in [6.45, 7) is 5.02. The van der Waals surface area contributed by atoms with Gasteiger partial charge in [-0.15, -0.1) is 0 Å². The fraction of sp³-hybridized carbons (Fsp3) is 0.290. The summed E-state index contributed by atoms with van der Waals surface area (Å²) >= 11 is 0. The van der Waals surface area contributed by atoms with Gasteiger partial charge in [0.05, 0.1) is 24.8 Å². The summed E-state index contributed by atoms with van der Waals surface area (Å²) in [4.78, 5) is 27.8. The molecule has 4 rings (SSSR count). The first-order valence-corrected chi connectivity index (χ1v) is 12.8. The number of hydrogen-bond acceptors (Lipinski definition) is 6. The first kappa shape index (κ1) is 26.9. The Morgan fingerprint density at radius 3 is 2.42 bits per heavy atom. The molecule has 1 atom stereocenters. The van der Waals surface area contributed by atoms with Gasteiger partial charge in [0.25, 0.3) is 11.7 Å². The molecule has 0 aliphatic carbocycles. The van der Waals surface area contributed by atoms with E-state index in [0.29, 0.717) is 29.2 Å². The second kappa shape index (κ2) is 12.4. The molecule has 0 saturated carbocycles. The van der Waals surface area contributed by atoms with Gasteiger partial charge < -0.3 is 24.2 Å². The van der Waals surface area contributed by atoms with Gasteiger partial charge in [-0.1, -0.05) is 43.7 Å². The Kier molecular flexibility index (Phi) is 8.81. The van der Waals surface area contributed by atoms with Crippen LogP contribution in [0, 0.1) is 6.92 Å². The van der Waals surface area contributed by atoms with Crippen LogP contribution in [0.25, 0.3) is 5.76 Å². The van der Waals surface area contributed by atoms with Crippen molar-refractivity contribution in [1.82, 2.24) is 4.90 Å². The van der Waals surface area contributed by atoms with Crippen molar-refractivity contribution in [3.8, 4) is 17.2 Å². The molecule has 7 heteroatoms. The number of Topliss-reactive ketones (excluding diaryl/α,β-unsaturated/α-hetero) is 1. The number of ketones is 1. The molecule has 3 aromatic carbocycles. The molecule has 1 heterocycles. The van der Waals surface area contributed by atoms with Crippen LogP contribution in [0.1, 0.15) is 42.5 Å². The zero-order chi connectivity index (χ0) is 27.1. The number of hydrogen-bond donors (Lipinski definition) is 1. The lowest BCUT2D eigenvalue weighted by molar-refractivity contribution is -0.140. The zero-order valence-electron chi connectivity index (χ0n) is 22.0. The number of aryl methyl sites for hydroxylation is 1. The number of methoxy groups -OCH3 is 1. The quantitative estimate of drug-likeness (QED) is 0.145. The van der Waals surface area contributed by atoms with E-state index in [4.69, 9.17) is 14.2 Å². The van der Waals surface area contributed by atoms with E-state index in [-0.39, 0.29) is 24.5 Å². The number of nitrogens with zero attached hydrogens (tertiary/aromatic N) is 1. The maximum Gasteiger partial charge on any atom is 0.295 e. The largest absolute Gasteiger partial charge is 0.507 e. The van der Waals surface area contributed by atoms with Crippen LogP contribution in [0.15, 0.2) is 78.4 Å². The molecular formula is C31H33NO6. The highest BCUT2D eigenvalue weighted by Crippen LogP contribution is 2.41. The number of ether oxygens (including phenoxy) is 3. The Labute approximate surface area is 223 Å². The van der Waals surface area contributed by atoms with E-state index in [1.54, 1.807) is 36.4 Å². The van der Waals surface area contributed by atoms with Crippen LogP contribution in [0.4, 0.5) is 0 Å². The summed E-state index contributed by atoms with van der Waals surface area (Å²) in [7, 11) is 1.53. The Hall–Kier alpha value is -4.10. The van der Waals surface area contributed by atoms with E-state index in [2.05, 4.69) is 6.92 Å². The van der Waals surface area contributed by atoms with Gasteiger partial charge in [0.15, 0.2) is 0 Å². The Morgan fingerprint density at radius 2 is 1.71 bits per heavy atom. The number of amides is 1. The highest BCUT2D eigenvalue weighted by molar-refractivity contribution is 6.46. The molecule has 38 heavy (non-hydrogen) atoms. The number of likely N-dealkylation sites (tertiary alicyclic amines) is 1. The van der Waals surface area contributed by atoms with Gasteiger partial charge in [-0.3, -0.25) is 9.59 Å². The molecule has 1 amide bonds. The maximum absolute atomic E-state index is 13.3. The lowest BCUT2D eigenvalue weighted by Gasteiger charge is -2.25. The van der Waals surface area contributed by atoms with Crippen molar-refractivity contribution < 1.29 is 28.9 Å². The minimum Gasteiger partial charge on any atom is -0.507 e. The number of aliphatic hydroxyl groups is 1. The van der Waals surface area contributed by atoms with Crippen molar-refractivity contribution in [3.63, 3.8) is 0 Å². The minimum absolute atomic E-state index is 0.0296. The van der Waals surface area contributed by atoms with E-state index in [0.717, 1.165) is 24.2 Å². The molecule has 1 unspecified atom stereocenters.